The number of ketones is 1. The minimum absolute atomic E-state index is 0.0686. The normalized spacial score (nSPS) is 50.6. The zero-order chi connectivity index (χ0) is 30.8. The fraction of sp³-hybridized carbons (Fsp3) is 0.697. The third kappa shape index (κ3) is 2.84. The third-order valence-electron chi connectivity index (χ3n) is 13.6. The average molecular weight is 595 g/mol. The van der Waals surface area contributed by atoms with Crippen molar-refractivity contribution in [3.05, 3.63) is 33.4 Å². The van der Waals surface area contributed by atoms with E-state index in [1.54, 1.807) is 0 Å². The van der Waals surface area contributed by atoms with E-state index in [0.29, 0.717) is 12.0 Å². The molecule has 8 rings (SSSR count). The second-order valence-corrected chi connectivity index (χ2v) is 14.8. The number of fused-ring (bicyclic) bond motifs is 7. The van der Waals surface area contributed by atoms with E-state index in [0.717, 1.165) is 24.0 Å². The molecule has 7 aliphatic carbocycles. The highest BCUT2D eigenvalue weighted by Gasteiger charge is 2.84. The Balaban J connectivity index is 1.42. The molecule has 1 heterocycles. The maximum Gasteiger partial charge on any atom is 0.337 e. The number of ether oxygens (including phenoxy) is 3. The van der Waals surface area contributed by atoms with Crippen molar-refractivity contribution in [1.82, 2.24) is 0 Å². The molecule has 0 aromatic carbocycles. The van der Waals surface area contributed by atoms with Crippen molar-refractivity contribution in [2.75, 3.05) is 20.3 Å². The van der Waals surface area contributed by atoms with Crippen LogP contribution in [0.2, 0.25) is 0 Å². The van der Waals surface area contributed by atoms with Gasteiger partial charge >= 0.3 is 17.9 Å². The first-order chi connectivity index (χ1) is 20.2. The lowest BCUT2D eigenvalue weighted by Crippen LogP contribution is -2.67. The van der Waals surface area contributed by atoms with Crippen LogP contribution in [0, 0.1) is 52.3 Å². The van der Waals surface area contributed by atoms with Crippen molar-refractivity contribution in [2.45, 2.75) is 70.7 Å². The van der Waals surface area contributed by atoms with E-state index >= 15 is 0 Å². The maximum atomic E-state index is 14.3. The van der Waals surface area contributed by atoms with Crippen LogP contribution in [-0.2, 0) is 33.4 Å². The van der Waals surface area contributed by atoms with Crippen LogP contribution in [0.25, 0.3) is 0 Å². The van der Waals surface area contributed by atoms with Gasteiger partial charge in [-0.15, -0.1) is 0 Å². The highest BCUT2D eigenvalue weighted by molar-refractivity contribution is 6.09. The first-order valence-corrected chi connectivity index (χ1v) is 15.4. The van der Waals surface area contributed by atoms with Gasteiger partial charge in [0.05, 0.1) is 25.2 Å². The molecule has 10 nitrogen and oxygen atoms in total. The summed E-state index contributed by atoms with van der Waals surface area (Å²) in [6.45, 7) is 6.18. The van der Waals surface area contributed by atoms with Gasteiger partial charge in [0, 0.05) is 35.3 Å². The van der Waals surface area contributed by atoms with Crippen molar-refractivity contribution in [3.63, 3.8) is 0 Å². The SMILES string of the molecule is COC(=O)/C(C)=C1\C(=O)[C@H](O)[C@]2(C)C3=C(C[C@@H]4[C@]5(OC(=O)C(CO)=C5C[C@H]5[C@](O)(COC(C)=O)[C@H]6C[C@H]6[C@]45C)[C@H]31)[C@H]1C[C@H]12. The lowest BCUT2D eigenvalue weighted by Gasteiger charge is -2.63. The number of Topliss-reactive ketones (excluding diaryl/α,β-unsaturated/α-hetero) is 1. The molecule has 0 unspecified atom stereocenters. The molecule has 5 saturated carbocycles. The van der Waals surface area contributed by atoms with Gasteiger partial charge in [-0.25, -0.2) is 9.59 Å². The molecule has 3 N–H and O–H groups in total. The fourth-order valence-corrected chi connectivity index (χ4v) is 11.8. The number of hydrogen-bond acceptors (Lipinski definition) is 10. The molecular weight excluding hydrogens is 556 g/mol. The largest absolute Gasteiger partial charge is 0.466 e. The standard InChI is InChI=1S/C33H38O10/c1-12(28(38)41-5)23-25-24-15(14-6-17(14)31(24,4)27(37)26(23)36)7-22-30(3)19-8-20(19)32(40,11-42-13(2)35)21(30)9-18-16(10-34)29(39)43-33(18,22)25/h14,17,19-22,25,27,34,37,40H,6-11H2,1-5H3/b23-12-/t14-,17-,19-,20+,21-,22+,25+,27+,30+,31+,32+,33+/m1/s1. The molecule has 10 heteroatoms. The second kappa shape index (κ2) is 8.06. The third-order valence-corrected chi connectivity index (χ3v) is 13.6. The van der Waals surface area contributed by atoms with Gasteiger partial charge in [-0.05, 0) is 72.8 Å². The van der Waals surface area contributed by atoms with Crippen LogP contribution < -0.4 is 0 Å². The Labute approximate surface area is 249 Å². The quantitative estimate of drug-likeness (QED) is 0.189. The summed E-state index contributed by atoms with van der Waals surface area (Å²) in [4.78, 5) is 52.9. The number of methoxy groups -OCH3 is 1. The Hall–Kier alpha value is -2.82. The molecule has 0 amide bonds. The van der Waals surface area contributed by atoms with Crippen molar-refractivity contribution < 1.29 is 48.7 Å². The summed E-state index contributed by atoms with van der Waals surface area (Å²) in [6.07, 6.45) is 1.01. The zero-order valence-corrected chi connectivity index (χ0v) is 25.1. The molecule has 0 aromatic heterocycles. The first-order valence-electron chi connectivity index (χ1n) is 15.4. The number of hydrogen-bond donors (Lipinski definition) is 3. The lowest BCUT2D eigenvalue weighted by atomic mass is 9.42. The highest BCUT2D eigenvalue weighted by atomic mass is 16.6. The average Bonchev–Trinajstić information content (AvgIpc) is 3.88. The van der Waals surface area contributed by atoms with Crippen LogP contribution in [0.5, 0.6) is 0 Å². The number of carbonyl (C=O) groups excluding carboxylic acids is 4. The Morgan fingerprint density at radius 3 is 2.42 bits per heavy atom. The van der Waals surface area contributed by atoms with E-state index in [-0.39, 0.29) is 59.3 Å². The first kappa shape index (κ1) is 27.7. The number of carbonyl (C=O) groups is 4. The number of allylic oxidation sites excluding steroid dienone is 1. The van der Waals surface area contributed by atoms with Crippen molar-refractivity contribution in [2.24, 2.45) is 52.3 Å². The highest BCUT2D eigenvalue weighted by Crippen LogP contribution is 2.83. The molecule has 5 fully saturated rings. The summed E-state index contributed by atoms with van der Waals surface area (Å²) >= 11 is 0. The fourth-order valence-electron chi connectivity index (χ4n) is 11.8. The molecular formula is C33H38O10. The molecule has 0 bridgehead atoms. The topological polar surface area (TPSA) is 157 Å². The predicted molar refractivity (Wildman–Crippen MR) is 146 cm³/mol. The Kier molecular flexibility index (Phi) is 5.19. The van der Waals surface area contributed by atoms with E-state index < -0.39 is 70.3 Å². The van der Waals surface area contributed by atoms with Crippen LogP contribution in [0.4, 0.5) is 0 Å². The van der Waals surface area contributed by atoms with Crippen molar-refractivity contribution >= 4 is 23.7 Å². The van der Waals surface area contributed by atoms with E-state index in [4.69, 9.17) is 14.2 Å². The number of aliphatic hydroxyl groups excluding tert-OH is 2. The van der Waals surface area contributed by atoms with Gasteiger partial charge < -0.3 is 29.5 Å². The molecule has 8 aliphatic rings. The van der Waals surface area contributed by atoms with Gasteiger partial charge in [0.1, 0.15) is 23.9 Å². The molecule has 230 valence electrons. The molecule has 12 atom stereocenters. The van der Waals surface area contributed by atoms with Gasteiger partial charge in [-0.2, -0.15) is 0 Å². The van der Waals surface area contributed by atoms with Gasteiger partial charge in [0.25, 0.3) is 0 Å². The Morgan fingerprint density at radius 1 is 1.05 bits per heavy atom. The number of esters is 3. The zero-order valence-electron chi connectivity index (χ0n) is 25.1. The van der Waals surface area contributed by atoms with Crippen molar-refractivity contribution in [1.29, 1.82) is 0 Å². The molecule has 1 spiro atoms. The van der Waals surface area contributed by atoms with Crippen LogP contribution >= 0.6 is 0 Å². The van der Waals surface area contributed by atoms with Crippen LogP contribution in [0.3, 0.4) is 0 Å². The predicted octanol–water partition coefficient (Wildman–Crippen LogP) is 1.56. The van der Waals surface area contributed by atoms with Gasteiger partial charge in [-0.3, -0.25) is 9.59 Å². The lowest BCUT2D eigenvalue weighted by molar-refractivity contribution is -0.191. The van der Waals surface area contributed by atoms with E-state index in [2.05, 4.69) is 6.92 Å². The molecule has 0 saturated heterocycles. The summed E-state index contributed by atoms with van der Waals surface area (Å²) < 4.78 is 17.0. The van der Waals surface area contributed by atoms with Gasteiger partial charge in [0.15, 0.2) is 5.78 Å². The summed E-state index contributed by atoms with van der Waals surface area (Å²) in [7, 11) is 1.24. The van der Waals surface area contributed by atoms with E-state index in [1.165, 1.54) is 21.0 Å². The number of rotatable bonds is 4. The van der Waals surface area contributed by atoms with E-state index in [9.17, 15) is 34.5 Å². The summed E-state index contributed by atoms with van der Waals surface area (Å²) in [5.41, 5.74) is -1.23. The Bertz CT molecular complexity index is 1550. The Morgan fingerprint density at radius 2 is 1.77 bits per heavy atom. The molecule has 0 radical (unpaired) electrons. The smallest absolute Gasteiger partial charge is 0.337 e. The van der Waals surface area contributed by atoms with Crippen molar-refractivity contribution in [3.8, 4) is 0 Å². The minimum Gasteiger partial charge on any atom is -0.466 e. The minimum atomic E-state index is -1.38. The maximum absolute atomic E-state index is 14.3. The van der Waals surface area contributed by atoms with Crippen LogP contribution in [-0.4, -0.2) is 76.6 Å². The van der Waals surface area contributed by atoms with Gasteiger partial charge in [0.2, 0.25) is 0 Å². The molecule has 43 heavy (non-hydrogen) atoms. The summed E-state index contributed by atoms with van der Waals surface area (Å²) in [5, 5.41) is 34.5. The van der Waals surface area contributed by atoms with Crippen LogP contribution in [0.15, 0.2) is 33.4 Å². The second-order valence-electron chi connectivity index (χ2n) is 14.8. The number of aliphatic hydroxyl groups is 3. The summed E-state index contributed by atoms with van der Waals surface area (Å²) in [6, 6.07) is 0. The van der Waals surface area contributed by atoms with Crippen LogP contribution in [0.1, 0.15) is 53.4 Å². The van der Waals surface area contributed by atoms with E-state index in [1.807, 2.05) is 6.92 Å². The van der Waals surface area contributed by atoms with Gasteiger partial charge in [-0.1, -0.05) is 19.4 Å². The monoisotopic (exact) mass is 594 g/mol. The molecule has 0 aromatic rings. The molecule has 1 aliphatic heterocycles. The summed E-state index contributed by atoms with van der Waals surface area (Å²) in [5.74, 6) is -3.77.